The topological polar surface area (TPSA) is 194 Å². The van der Waals surface area contributed by atoms with Gasteiger partial charge in [0.25, 0.3) is 5.91 Å². The minimum absolute atomic E-state index is 0.00732. The number of aliphatic hydroxyl groups excluding tert-OH is 2. The lowest BCUT2D eigenvalue weighted by Gasteiger charge is -2.46. The Hall–Kier alpha value is -4.29. The van der Waals surface area contributed by atoms with Crippen molar-refractivity contribution in [3.63, 3.8) is 0 Å². The number of carboxylic acid groups (broad SMARTS) is 1. The second kappa shape index (κ2) is 11.0. The van der Waals surface area contributed by atoms with Gasteiger partial charge in [0.05, 0.1) is 12.6 Å². The summed E-state index contributed by atoms with van der Waals surface area (Å²) in [6, 6.07) is 4.84. The van der Waals surface area contributed by atoms with E-state index in [9.17, 15) is 34.2 Å². The standard InChI is InChI=1S/C25H23ClN4O8/c26-13-10-12-18(29-19(13)25(37)38)21(22(12)34)30-24(36)17(11-4-2-1-3-5-11)28-20-15(33)7-6-14(32)16(20)23(35)27-8-9-31/h1-7,12,17-18,21,29,31-32H,8-10H2,(H,27,35)(H,30,36)(H,37,38). The number of hydrogen-bond acceptors (Lipinski definition) is 9. The third-order valence-corrected chi connectivity index (χ3v) is 6.67. The van der Waals surface area contributed by atoms with Crippen molar-refractivity contribution in [2.75, 3.05) is 13.2 Å². The van der Waals surface area contributed by atoms with Crippen LogP contribution in [0.3, 0.4) is 0 Å². The molecule has 12 nitrogen and oxygen atoms in total. The van der Waals surface area contributed by atoms with Crippen LogP contribution in [0.1, 0.15) is 18.0 Å². The van der Waals surface area contributed by atoms with Crippen LogP contribution in [0.15, 0.2) is 69.5 Å². The number of amides is 2. The van der Waals surface area contributed by atoms with Crippen molar-refractivity contribution in [3.8, 4) is 0 Å². The number of ketones is 2. The lowest BCUT2D eigenvalue weighted by molar-refractivity contribution is -0.141. The Kier molecular flexibility index (Phi) is 7.74. The molecular formula is C25H23ClN4O8. The Morgan fingerprint density at radius 1 is 1.16 bits per heavy atom. The van der Waals surface area contributed by atoms with Crippen molar-refractivity contribution in [2.45, 2.75) is 24.5 Å². The van der Waals surface area contributed by atoms with E-state index in [0.717, 1.165) is 12.2 Å². The third-order valence-electron chi connectivity index (χ3n) is 6.32. The van der Waals surface area contributed by atoms with Gasteiger partial charge >= 0.3 is 5.97 Å². The third kappa shape index (κ3) is 5.08. The van der Waals surface area contributed by atoms with Gasteiger partial charge in [-0.15, -0.1) is 0 Å². The monoisotopic (exact) mass is 542 g/mol. The average molecular weight is 543 g/mol. The van der Waals surface area contributed by atoms with Crippen LogP contribution < -0.4 is 16.0 Å². The molecule has 4 atom stereocenters. The van der Waals surface area contributed by atoms with Crippen molar-refractivity contribution in [1.29, 1.82) is 0 Å². The Bertz CT molecular complexity index is 1330. The van der Waals surface area contributed by atoms with Crippen molar-refractivity contribution in [1.82, 2.24) is 16.0 Å². The molecule has 1 heterocycles. The number of fused-ring (bicyclic) bond motifs is 1. The molecule has 13 heteroatoms. The SMILES string of the molecule is O=C(O)C1=C(Cl)CC2C(=O)C(NC(=O)C(N=C3C(=O)C=CC(O)=C3C(=O)NCCO)c3ccccc3)C2N1. The van der Waals surface area contributed by atoms with E-state index < -0.39 is 64.7 Å². The molecule has 1 aliphatic heterocycles. The molecule has 2 aliphatic carbocycles. The quantitative estimate of drug-likeness (QED) is 0.241. The lowest BCUT2D eigenvalue weighted by atomic mass is 9.69. The Morgan fingerprint density at radius 3 is 2.53 bits per heavy atom. The first-order valence-corrected chi connectivity index (χ1v) is 11.9. The van der Waals surface area contributed by atoms with E-state index in [1.54, 1.807) is 30.3 Å². The molecule has 0 spiro atoms. The Balaban J connectivity index is 1.66. The van der Waals surface area contributed by atoms with Crippen molar-refractivity contribution in [2.24, 2.45) is 10.9 Å². The van der Waals surface area contributed by atoms with Crippen LogP contribution in [0, 0.1) is 5.92 Å². The number of aliphatic imine (C=N–C) groups is 1. The molecule has 0 aromatic heterocycles. The molecule has 4 rings (SSSR count). The molecule has 1 saturated carbocycles. The van der Waals surface area contributed by atoms with Gasteiger partial charge in [0.2, 0.25) is 11.7 Å². The molecule has 38 heavy (non-hydrogen) atoms. The number of carboxylic acids is 1. The summed E-state index contributed by atoms with van der Waals surface area (Å²) in [4.78, 5) is 67.3. The summed E-state index contributed by atoms with van der Waals surface area (Å²) in [6.07, 6.45) is 2.04. The van der Waals surface area contributed by atoms with Crippen molar-refractivity contribution in [3.05, 3.63) is 70.1 Å². The predicted molar refractivity (Wildman–Crippen MR) is 133 cm³/mol. The molecule has 1 aromatic rings. The summed E-state index contributed by atoms with van der Waals surface area (Å²) in [5.41, 5.74) is -0.887. The number of nitrogens with one attached hydrogen (secondary N) is 3. The zero-order chi connectivity index (χ0) is 27.6. The first-order chi connectivity index (χ1) is 18.1. The van der Waals surface area contributed by atoms with Gasteiger partial charge in [0.1, 0.15) is 28.8 Å². The highest BCUT2D eigenvalue weighted by molar-refractivity contribution is 6.56. The van der Waals surface area contributed by atoms with Crippen LogP contribution >= 0.6 is 11.6 Å². The number of allylic oxidation sites excluding steroid dienone is 3. The summed E-state index contributed by atoms with van der Waals surface area (Å²) < 4.78 is 0. The van der Waals surface area contributed by atoms with Gasteiger partial charge < -0.3 is 31.3 Å². The number of nitrogens with zero attached hydrogens (tertiary/aromatic N) is 1. The van der Waals surface area contributed by atoms with Crippen LogP contribution in [0.5, 0.6) is 0 Å². The largest absolute Gasteiger partial charge is 0.507 e. The summed E-state index contributed by atoms with van der Waals surface area (Å²) in [7, 11) is 0. The number of aliphatic carboxylic acids is 1. The number of carbonyl (C=O) groups excluding carboxylic acids is 4. The maximum Gasteiger partial charge on any atom is 0.353 e. The second-order valence-corrected chi connectivity index (χ2v) is 9.14. The number of rotatable bonds is 8. The van der Waals surface area contributed by atoms with Gasteiger partial charge in [0, 0.05) is 17.5 Å². The fourth-order valence-electron chi connectivity index (χ4n) is 4.44. The number of halogens is 1. The molecule has 0 bridgehead atoms. The second-order valence-electron chi connectivity index (χ2n) is 8.68. The van der Waals surface area contributed by atoms with E-state index in [2.05, 4.69) is 20.9 Å². The van der Waals surface area contributed by atoms with Crippen LogP contribution in [0.4, 0.5) is 0 Å². The zero-order valence-electron chi connectivity index (χ0n) is 19.7. The maximum atomic E-state index is 13.5. The van der Waals surface area contributed by atoms with E-state index in [-0.39, 0.29) is 36.1 Å². The molecular weight excluding hydrogens is 520 g/mol. The molecule has 0 radical (unpaired) electrons. The lowest BCUT2D eigenvalue weighted by Crippen LogP contribution is -2.71. The first kappa shape index (κ1) is 26.8. The number of carbonyl (C=O) groups is 5. The van der Waals surface area contributed by atoms with Crippen LogP contribution in [0.2, 0.25) is 0 Å². The molecule has 2 amide bonds. The molecule has 3 aliphatic rings. The van der Waals surface area contributed by atoms with Crippen LogP contribution in [-0.4, -0.2) is 75.6 Å². The molecule has 1 fully saturated rings. The van der Waals surface area contributed by atoms with Crippen molar-refractivity contribution < 1.29 is 39.3 Å². The fourth-order valence-corrected chi connectivity index (χ4v) is 4.74. The van der Waals surface area contributed by atoms with Crippen molar-refractivity contribution >= 4 is 46.7 Å². The van der Waals surface area contributed by atoms with Gasteiger partial charge in [-0.2, -0.15) is 0 Å². The predicted octanol–water partition coefficient (Wildman–Crippen LogP) is -0.191. The summed E-state index contributed by atoms with van der Waals surface area (Å²) >= 11 is 6.00. The summed E-state index contributed by atoms with van der Waals surface area (Å²) in [5.74, 6) is -5.25. The smallest absolute Gasteiger partial charge is 0.353 e. The van der Waals surface area contributed by atoms with E-state index >= 15 is 0 Å². The minimum Gasteiger partial charge on any atom is -0.507 e. The van der Waals surface area contributed by atoms with E-state index in [4.69, 9.17) is 16.7 Å². The van der Waals surface area contributed by atoms with Gasteiger partial charge in [-0.25, -0.2) is 4.79 Å². The number of hydrogen-bond donors (Lipinski definition) is 6. The highest BCUT2D eigenvalue weighted by Crippen LogP contribution is 2.37. The highest BCUT2D eigenvalue weighted by Gasteiger charge is 2.54. The zero-order valence-corrected chi connectivity index (χ0v) is 20.4. The van der Waals surface area contributed by atoms with E-state index in [1.807, 2.05) is 0 Å². The molecule has 1 aromatic carbocycles. The van der Waals surface area contributed by atoms with E-state index in [1.165, 1.54) is 0 Å². The average Bonchev–Trinajstić information content (AvgIpc) is 2.90. The van der Waals surface area contributed by atoms with E-state index in [0.29, 0.717) is 5.56 Å². The molecule has 198 valence electrons. The number of Topliss-reactive ketones (excluding diaryl/α,β-unsaturated/α-hetero) is 1. The van der Waals surface area contributed by atoms with Gasteiger partial charge in [-0.3, -0.25) is 24.2 Å². The molecule has 4 unspecified atom stereocenters. The van der Waals surface area contributed by atoms with Gasteiger partial charge in [-0.1, -0.05) is 41.9 Å². The Morgan fingerprint density at radius 2 is 1.87 bits per heavy atom. The Labute approximate surface area is 220 Å². The molecule has 0 saturated heterocycles. The minimum atomic E-state index is -1.41. The van der Waals surface area contributed by atoms with Gasteiger partial charge in [-0.05, 0) is 24.1 Å². The summed E-state index contributed by atoms with van der Waals surface area (Å²) in [6.45, 7) is -0.541. The van der Waals surface area contributed by atoms with Crippen LogP contribution in [0.25, 0.3) is 0 Å². The van der Waals surface area contributed by atoms with Crippen LogP contribution in [-0.2, 0) is 24.0 Å². The summed E-state index contributed by atoms with van der Waals surface area (Å²) in [5, 5.41) is 36.3. The molecule has 6 N–H and O–H groups in total. The maximum absolute atomic E-state index is 13.5. The highest BCUT2D eigenvalue weighted by atomic mass is 35.5. The number of benzene rings is 1. The fraction of sp³-hybridized carbons (Fsp3) is 0.280. The number of aliphatic hydroxyl groups is 2. The first-order valence-electron chi connectivity index (χ1n) is 11.5. The van der Waals surface area contributed by atoms with Gasteiger partial charge in [0.15, 0.2) is 11.8 Å². The normalized spacial score (nSPS) is 24.4.